The molecule has 6 heteroatoms. The van der Waals surface area contributed by atoms with Crippen LogP contribution in [0.1, 0.15) is 18.2 Å². The van der Waals surface area contributed by atoms with Crippen LogP contribution in [-0.2, 0) is 16.0 Å². The van der Waals surface area contributed by atoms with Gasteiger partial charge in [-0.1, -0.05) is 37.3 Å². The molecule has 0 bridgehead atoms. The van der Waals surface area contributed by atoms with E-state index in [2.05, 4.69) is 5.32 Å². The first-order chi connectivity index (χ1) is 14.1. The molecule has 0 saturated carbocycles. The number of nitrogens with zero attached hydrogens (tertiary/aromatic N) is 1. The van der Waals surface area contributed by atoms with E-state index in [0.29, 0.717) is 11.4 Å². The highest BCUT2D eigenvalue weighted by atomic mass is 16.5. The van der Waals surface area contributed by atoms with Crippen LogP contribution in [0.15, 0.2) is 59.0 Å². The van der Waals surface area contributed by atoms with E-state index in [1.807, 2.05) is 49.4 Å². The Kier molecular flexibility index (Phi) is 5.08. The number of carbonyl (C=O) groups excluding carboxylic acids is 2. The smallest absolute Gasteiger partial charge is 0.262 e. The zero-order chi connectivity index (χ0) is 20.4. The molecule has 148 valence electrons. The van der Waals surface area contributed by atoms with Gasteiger partial charge in [0, 0.05) is 30.5 Å². The largest absolute Gasteiger partial charge is 0.477 e. The average molecular weight is 390 g/mol. The molecule has 29 heavy (non-hydrogen) atoms. The Labute approximate surface area is 168 Å². The highest BCUT2D eigenvalue weighted by Gasteiger charge is 2.32. The molecule has 0 aliphatic carbocycles. The molecule has 3 aromatic rings. The molecule has 0 spiro atoms. The maximum absolute atomic E-state index is 13.1. The molecule has 0 fully saturated rings. The van der Waals surface area contributed by atoms with E-state index in [1.165, 1.54) is 6.08 Å². The lowest BCUT2D eigenvalue weighted by molar-refractivity contribution is -0.127. The van der Waals surface area contributed by atoms with Gasteiger partial charge in [-0.3, -0.25) is 9.59 Å². The third-order valence-electron chi connectivity index (χ3n) is 5.00. The first-order valence-electron chi connectivity index (χ1n) is 9.59. The minimum absolute atomic E-state index is 0.145. The Morgan fingerprint density at radius 2 is 1.93 bits per heavy atom. The van der Waals surface area contributed by atoms with Crippen LogP contribution < -0.4 is 15.0 Å². The number of carbonyl (C=O) groups is 2. The minimum atomic E-state index is -0.756. The summed E-state index contributed by atoms with van der Waals surface area (Å²) < 4.78 is 11.7. The second-order valence-corrected chi connectivity index (χ2v) is 6.76. The van der Waals surface area contributed by atoms with E-state index < -0.39 is 6.10 Å². The maximum Gasteiger partial charge on any atom is 0.262 e. The highest BCUT2D eigenvalue weighted by molar-refractivity contribution is 6.07. The Morgan fingerprint density at radius 3 is 2.72 bits per heavy atom. The predicted octanol–water partition coefficient (Wildman–Crippen LogP) is 3.55. The van der Waals surface area contributed by atoms with Gasteiger partial charge in [-0.05, 0) is 24.3 Å². The number of aryl methyl sites for hydroxylation is 1. The maximum atomic E-state index is 13.1. The number of anilines is 1. The molecule has 1 aromatic heterocycles. The molecule has 0 saturated heterocycles. The van der Waals surface area contributed by atoms with Crippen LogP contribution in [0.25, 0.3) is 17.0 Å². The quantitative estimate of drug-likeness (QED) is 0.692. The van der Waals surface area contributed by atoms with Crippen LogP contribution in [-0.4, -0.2) is 31.5 Å². The summed E-state index contributed by atoms with van der Waals surface area (Å²) in [7, 11) is 1.55. The first kappa shape index (κ1) is 18.8. The zero-order valence-electron chi connectivity index (χ0n) is 16.3. The number of nitrogens with one attached hydrogen (secondary N) is 1. The van der Waals surface area contributed by atoms with Crippen molar-refractivity contribution in [2.45, 2.75) is 19.4 Å². The molecule has 1 aliphatic rings. The average Bonchev–Trinajstić information content (AvgIpc) is 3.13. The first-order valence-corrected chi connectivity index (χ1v) is 9.59. The Balaban J connectivity index is 1.67. The molecule has 2 aromatic carbocycles. The fourth-order valence-corrected chi connectivity index (χ4v) is 3.55. The number of rotatable bonds is 4. The Bertz CT molecular complexity index is 1100. The van der Waals surface area contributed by atoms with Gasteiger partial charge in [-0.25, -0.2) is 0 Å². The monoisotopic (exact) mass is 390 g/mol. The number of hydrogen-bond donors (Lipinski definition) is 1. The number of furan rings is 1. The lowest BCUT2D eigenvalue weighted by Gasteiger charge is -2.33. The van der Waals surface area contributed by atoms with Gasteiger partial charge in [0.25, 0.3) is 11.8 Å². The molecule has 0 unspecified atom stereocenters. The molecule has 0 radical (unpaired) electrons. The molecule has 1 N–H and O–H groups in total. The lowest BCUT2D eigenvalue weighted by Crippen LogP contribution is -2.49. The molecule has 6 nitrogen and oxygen atoms in total. The molecule has 2 amide bonds. The van der Waals surface area contributed by atoms with Crippen LogP contribution >= 0.6 is 0 Å². The molecule has 1 atom stereocenters. The third kappa shape index (κ3) is 3.49. The van der Waals surface area contributed by atoms with Gasteiger partial charge in [0.05, 0.1) is 12.2 Å². The second-order valence-electron chi connectivity index (χ2n) is 6.76. The van der Waals surface area contributed by atoms with Crippen molar-refractivity contribution in [3.05, 3.63) is 65.9 Å². The second kappa shape index (κ2) is 7.83. The number of para-hydroxylation sites is 3. The summed E-state index contributed by atoms with van der Waals surface area (Å²) >= 11 is 0. The van der Waals surface area contributed by atoms with Gasteiger partial charge in [0.1, 0.15) is 17.1 Å². The summed E-state index contributed by atoms with van der Waals surface area (Å²) in [5, 5.41) is 3.55. The SMILES string of the molecule is CCc1oc2ccccc2c1/C=C/C(=O)N1C[C@H](C(=O)NC)Oc2ccccc21. The number of benzene rings is 2. The molecular formula is C23H22N2O4. The number of likely N-dealkylation sites (N-methyl/N-ethyl adjacent to an activating group) is 1. The van der Waals surface area contributed by atoms with Gasteiger partial charge in [-0.15, -0.1) is 0 Å². The van der Waals surface area contributed by atoms with Crippen molar-refractivity contribution in [2.75, 3.05) is 18.5 Å². The van der Waals surface area contributed by atoms with Crippen LogP contribution in [0.5, 0.6) is 5.75 Å². The fraction of sp³-hybridized carbons (Fsp3) is 0.217. The van der Waals surface area contributed by atoms with E-state index in [4.69, 9.17) is 9.15 Å². The van der Waals surface area contributed by atoms with E-state index in [0.717, 1.165) is 28.7 Å². The summed E-state index contributed by atoms with van der Waals surface area (Å²) in [5.74, 6) is 0.857. The summed E-state index contributed by atoms with van der Waals surface area (Å²) in [6, 6.07) is 15.0. The van der Waals surface area contributed by atoms with Crippen molar-refractivity contribution in [2.24, 2.45) is 0 Å². The highest BCUT2D eigenvalue weighted by Crippen LogP contribution is 2.34. The summed E-state index contributed by atoms with van der Waals surface area (Å²) in [6.45, 7) is 2.16. The van der Waals surface area contributed by atoms with Gasteiger partial charge < -0.3 is 19.4 Å². The Morgan fingerprint density at radius 1 is 1.17 bits per heavy atom. The Hall–Kier alpha value is -3.54. The fourth-order valence-electron chi connectivity index (χ4n) is 3.55. The van der Waals surface area contributed by atoms with Crippen LogP contribution in [0.4, 0.5) is 5.69 Å². The van der Waals surface area contributed by atoms with Crippen molar-refractivity contribution >= 4 is 34.5 Å². The topological polar surface area (TPSA) is 71.8 Å². The van der Waals surface area contributed by atoms with Crippen LogP contribution in [0.2, 0.25) is 0 Å². The number of ether oxygens (including phenoxy) is 1. The number of hydrogen-bond acceptors (Lipinski definition) is 4. The zero-order valence-corrected chi connectivity index (χ0v) is 16.3. The molecule has 2 heterocycles. The van der Waals surface area contributed by atoms with Crippen LogP contribution in [0, 0.1) is 0 Å². The van der Waals surface area contributed by atoms with E-state index in [9.17, 15) is 9.59 Å². The summed E-state index contributed by atoms with van der Waals surface area (Å²) in [4.78, 5) is 26.8. The predicted molar refractivity (Wildman–Crippen MR) is 112 cm³/mol. The molecule has 1 aliphatic heterocycles. The number of fused-ring (bicyclic) bond motifs is 2. The van der Waals surface area contributed by atoms with E-state index in [1.54, 1.807) is 24.1 Å². The van der Waals surface area contributed by atoms with Crippen molar-refractivity contribution in [1.29, 1.82) is 0 Å². The lowest BCUT2D eigenvalue weighted by atomic mass is 10.1. The van der Waals surface area contributed by atoms with Crippen molar-refractivity contribution in [1.82, 2.24) is 5.32 Å². The van der Waals surface area contributed by atoms with Crippen molar-refractivity contribution in [3.8, 4) is 5.75 Å². The summed E-state index contributed by atoms with van der Waals surface area (Å²) in [6.07, 6.45) is 3.29. The molecule has 4 rings (SSSR count). The van der Waals surface area contributed by atoms with Crippen molar-refractivity contribution < 1.29 is 18.7 Å². The van der Waals surface area contributed by atoms with Crippen LogP contribution in [0.3, 0.4) is 0 Å². The standard InChI is InChI=1S/C23H22N2O4/c1-3-18-16(15-8-4-6-10-19(15)28-18)12-13-22(26)25-14-21(23(27)24-2)29-20-11-7-5-9-17(20)25/h4-13,21H,3,14H2,1-2H3,(H,24,27)/b13-12+/t21-/m1/s1. The van der Waals surface area contributed by atoms with Gasteiger partial charge in [-0.2, -0.15) is 0 Å². The normalized spacial score (nSPS) is 15.9. The van der Waals surface area contributed by atoms with Gasteiger partial charge in [0.2, 0.25) is 0 Å². The minimum Gasteiger partial charge on any atom is -0.477 e. The number of amides is 2. The van der Waals surface area contributed by atoms with E-state index in [-0.39, 0.29) is 18.4 Å². The molecular weight excluding hydrogens is 368 g/mol. The van der Waals surface area contributed by atoms with E-state index >= 15 is 0 Å². The van der Waals surface area contributed by atoms with Crippen molar-refractivity contribution in [3.63, 3.8) is 0 Å². The summed E-state index contributed by atoms with van der Waals surface area (Å²) in [5.41, 5.74) is 2.35. The van der Waals surface area contributed by atoms with Gasteiger partial charge >= 0.3 is 0 Å². The van der Waals surface area contributed by atoms with Gasteiger partial charge in [0.15, 0.2) is 6.10 Å². The third-order valence-corrected chi connectivity index (χ3v) is 5.00.